The van der Waals surface area contributed by atoms with Crippen molar-refractivity contribution in [3.63, 3.8) is 0 Å². The van der Waals surface area contributed by atoms with Gasteiger partial charge in [0.2, 0.25) is 0 Å². The van der Waals surface area contributed by atoms with E-state index in [-0.39, 0.29) is 5.91 Å². The van der Waals surface area contributed by atoms with Crippen LogP contribution in [0.2, 0.25) is 0 Å². The van der Waals surface area contributed by atoms with Gasteiger partial charge in [0.15, 0.2) is 10.3 Å². The van der Waals surface area contributed by atoms with Crippen molar-refractivity contribution >= 4 is 37.8 Å². The van der Waals surface area contributed by atoms with Gasteiger partial charge in [0.05, 0.1) is 6.54 Å². The van der Waals surface area contributed by atoms with Crippen molar-refractivity contribution in [2.24, 2.45) is 9.98 Å². The lowest BCUT2D eigenvalue weighted by Crippen LogP contribution is -2.26. The number of amidine groups is 2. The van der Waals surface area contributed by atoms with Crippen LogP contribution in [0.3, 0.4) is 0 Å². The number of benzene rings is 1. The number of hydrogen-bond donors (Lipinski definition) is 0. The molecule has 1 aromatic rings. The molecule has 0 radical (unpaired) electrons. The van der Waals surface area contributed by atoms with E-state index in [4.69, 9.17) is 0 Å². The summed E-state index contributed by atoms with van der Waals surface area (Å²) in [5.41, 5.74) is 0.621. The van der Waals surface area contributed by atoms with Crippen molar-refractivity contribution < 1.29 is 4.79 Å². The van der Waals surface area contributed by atoms with E-state index in [0.29, 0.717) is 5.56 Å². The molecule has 0 spiro atoms. The molecule has 1 saturated heterocycles. The van der Waals surface area contributed by atoms with Crippen LogP contribution in [-0.2, 0) is 0 Å². The van der Waals surface area contributed by atoms with Crippen LogP contribution in [0, 0.1) is 0 Å². The summed E-state index contributed by atoms with van der Waals surface area (Å²) in [5.74, 6) is -0.193. The highest BCUT2D eigenvalue weighted by atomic mass is 33.1. The number of rotatable bonds is 1. The molecular weight excluding hydrogens is 254 g/mol. The molecule has 0 aromatic heterocycles. The first-order chi connectivity index (χ1) is 8.34. The van der Waals surface area contributed by atoms with Crippen LogP contribution in [0.4, 0.5) is 0 Å². The van der Waals surface area contributed by atoms with Gasteiger partial charge in [-0.2, -0.15) is 4.99 Å². The number of carbonyl (C=O) groups is 1. The molecule has 0 unspecified atom stereocenters. The van der Waals surface area contributed by atoms with Crippen LogP contribution in [0.5, 0.6) is 0 Å². The fourth-order valence-corrected chi connectivity index (χ4v) is 3.87. The van der Waals surface area contributed by atoms with E-state index in [2.05, 4.69) is 9.98 Å². The van der Waals surface area contributed by atoms with E-state index in [1.54, 1.807) is 22.9 Å². The summed E-state index contributed by atoms with van der Waals surface area (Å²) in [4.78, 5) is 22.4. The molecule has 1 amide bonds. The summed E-state index contributed by atoms with van der Waals surface area (Å²) in [6.45, 7) is 1.62. The molecule has 4 nitrogen and oxygen atoms in total. The maximum atomic E-state index is 11.9. The van der Waals surface area contributed by atoms with E-state index in [9.17, 15) is 4.79 Å². The molecule has 17 heavy (non-hydrogen) atoms. The lowest BCUT2D eigenvalue weighted by atomic mass is 10.2. The quantitative estimate of drug-likeness (QED) is 0.729. The fourth-order valence-electron chi connectivity index (χ4n) is 1.61. The van der Waals surface area contributed by atoms with Gasteiger partial charge < -0.3 is 0 Å². The molecule has 0 atom stereocenters. The number of amides is 1. The largest absolute Gasteiger partial charge is 0.297 e. The maximum Gasteiger partial charge on any atom is 0.279 e. The average molecular weight is 263 g/mol. The third-order valence-electron chi connectivity index (χ3n) is 2.44. The Morgan fingerprint density at radius 2 is 2.12 bits per heavy atom. The van der Waals surface area contributed by atoms with Crippen LogP contribution < -0.4 is 0 Å². The van der Waals surface area contributed by atoms with Crippen LogP contribution >= 0.6 is 21.6 Å². The molecule has 2 aliphatic heterocycles. The lowest BCUT2D eigenvalue weighted by molar-refractivity contribution is 0.100. The zero-order valence-electron chi connectivity index (χ0n) is 8.87. The topological polar surface area (TPSA) is 45.0 Å². The minimum atomic E-state index is -0.193. The van der Waals surface area contributed by atoms with Crippen molar-refractivity contribution in [2.75, 3.05) is 13.1 Å². The molecule has 6 heteroatoms. The minimum Gasteiger partial charge on any atom is -0.297 e. The molecular formula is C11H9N3OS2. The van der Waals surface area contributed by atoms with Gasteiger partial charge in [-0.05, 0) is 33.7 Å². The van der Waals surface area contributed by atoms with Gasteiger partial charge in [-0.15, -0.1) is 0 Å². The Morgan fingerprint density at radius 1 is 1.29 bits per heavy atom. The Balaban J connectivity index is 1.83. The van der Waals surface area contributed by atoms with Crippen LogP contribution in [0.1, 0.15) is 10.4 Å². The zero-order valence-corrected chi connectivity index (χ0v) is 10.5. The van der Waals surface area contributed by atoms with Gasteiger partial charge in [-0.1, -0.05) is 18.2 Å². The predicted octanol–water partition coefficient (Wildman–Crippen LogP) is 2.25. The summed E-state index contributed by atoms with van der Waals surface area (Å²) in [7, 11) is 3.07. The van der Waals surface area contributed by atoms with Crippen LogP contribution in [0.25, 0.3) is 0 Å². The predicted molar refractivity (Wildman–Crippen MR) is 72.4 cm³/mol. The maximum absolute atomic E-state index is 11.9. The molecule has 2 aliphatic rings. The monoisotopic (exact) mass is 263 g/mol. The van der Waals surface area contributed by atoms with Gasteiger partial charge >= 0.3 is 0 Å². The lowest BCUT2D eigenvalue weighted by Gasteiger charge is -2.09. The Morgan fingerprint density at radius 3 is 2.94 bits per heavy atom. The summed E-state index contributed by atoms with van der Waals surface area (Å²) >= 11 is 0. The van der Waals surface area contributed by atoms with Crippen molar-refractivity contribution in [3.8, 4) is 0 Å². The average Bonchev–Trinajstić information content (AvgIpc) is 2.95. The summed E-state index contributed by atoms with van der Waals surface area (Å²) in [5, 5.41) is 1.72. The highest BCUT2D eigenvalue weighted by molar-refractivity contribution is 8.88. The highest BCUT2D eigenvalue weighted by Gasteiger charge is 2.31. The summed E-state index contributed by atoms with van der Waals surface area (Å²) in [6, 6.07) is 9.12. The minimum absolute atomic E-state index is 0.193. The highest BCUT2D eigenvalue weighted by Crippen LogP contribution is 2.38. The Bertz CT molecular complexity index is 513. The number of nitrogens with zero attached hydrogens (tertiary/aromatic N) is 3. The van der Waals surface area contributed by atoms with E-state index < -0.39 is 0 Å². The molecule has 1 fully saturated rings. The molecule has 86 valence electrons. The molecule has 0 N–H and O–H groups in total. The van der Waals surface area contributed by atoms with Crippen LogP contribution in [0.15, 0.2) is 40.3 Å². The smallest absolute Gasteiger partial charge is 0.279 e. The normalized spacial score (nSPS) is 20.6. The molecule has 0 bridgehead atoms. The number of fused-ring (bicyclic) bond motifs is 1. The van der Waals surface area contributed by atoms with Crippen molar-refractivity contribution in [1.82, 2.24) is 4.90 Å². The molecule has 3 rings (SSSR count). The molecule has 0 aliphatic carbocycles. The standard InChI is InChI=1S/C11H9N3OS2/c15-9(8-4-2-1-3-5-8)13-11-14-7-6-12-10(14)16-17-11/h1-5H,6-7H2. The zero-order chi connectivity index (χ0) is 11.7. The van der Waals surface area contributed by atoms with Crippen molar-refractivity contribution in [2.45, 2.75) is 0 Å². The first-order valence-corrected chi connectivity index (χ1v) is 7.34. The third kappa shape index (κ3) is 2.10. The first-order valence-electron chi connectivity index (χ1n) is 5.19. The van der Waals surface area contributed by atoms with Crippen molar-refractivity contribution in [1.29, 1.82) is 0 Å². The van der Waals surface area contributed by atoms with Gasteiger partial charge in [0.1, 0.15) is 0 Å². The fraction of sp³-hybridized carbons (Fsp3) is 0.182. The SMILES string of the molecule is O=C(N=C1SSC2=NCCN21)c1ccccc1. The van der Waals surface area contributed by atoms with Crippen LogP contribution in [-0.4, -0.2) is 34.2 Å². The first kappa shape index (κ1) is 10.9. The Hall–Kier alpha value is -1.27. The Labute approximate surface area is 107 Å². The molecule has 1 aromatic carbocycles. The third-order valence-corrected chi connectivity index (χ3v) is 4.63. The second-order valence-electron chi connectivity index (χ2n) is 3.55. The number of carbonyl (C=O) groups excluding carboxylic acids is 1. The molecule has 0 saturated carbocycles. The number of aliphatic imine (C=N–C) groups is 2. The van der Waals surface area contributed by atoms with E-state index in [1.165, 1.54) is 10.8 Å². The van der Waals surface area contributed by atoms with E-state index >= 15 is 0 Å². The second kappa shape index (κ2) is 4.54. The van der Waals surface area contributed by atoms with Gasteiger partial charge in [0.25, 0.3) is 5.91 Å². The molecule has 2 heterocycles. The summed E-state index contributed by atoms with van der Waals surface area (Å²) < 4.78 is 0. The van der Waals surface area contributed by atoms with Gasteiger partial charge in [-0.3, -0.25) is 14.7 Å². The summed E-state index contributed by atoms with van der Waals surface area (Å²) in [6.07, 6.45) is 0. The van der Waals surface area contributed by atoms with Crippen molar-refractivity contribution in [3.05, 3.63) is 35.9 Å². The second-order valence-corrected chi connectivity index (χ2v) is 5.61. The number of hydrogen-bond acceptors (Lipinski definition) is 4. The Kier molecular flexibility index (Phi) is 2.90. The van der Waals surface area contributed by atoms with E-state index in [1.807, 2.05) is 23.1 Å². The van der Waals surface area contributed by atoms with E-state index in [0.717, 1.165) is 23.4 Å². The van der Waals surface area contributed by atoms with Gasteiger partial charge in [-0.25, -0.2) is 0 Å². The van der Waals surface area contributed by atoms with Gasteiger partial charge in [0, 0.05) is 12.1 Å².